The van der Waals surface area contributed by atoms with Crippen LogP contribution < -0.4 is 0 Å². The Bertz CT molecular complexity index is 1300. The van der Waals surface area contributed by atoms with Crippen molar-refractivity contribution in [3.8, 4) is 0 Å². The zero-order valence-corrected chi connectivity index (χ0v) is 25.2. The third-order valence-electron chi connectivity index (χ3n) is 8.12. The Morgan fingerprint density at radius 1 is 0.698 bits per heavy atom. The zero-order chi connectivity index (χ0) is 30.0. The van der Waals surface area contributed by atoms with E-state index < -0.39 is 11.5 Å². The van der Waals surface area contributed by atoms with Gasteiger partial charge in [-0.15, -0.1) is 0 Å². The Balaban J connectivity index is 1.20. The molecule has 4 rings (SSSR count). The van der Waals surface area contributed by atoms with Crippen molar-refractivity contribution >= 4 is 5.97 Å². The number of benzene rings is 3. The number of esters is 1. The molecular weight excluding hydrogens is 534 g/mol. The minimum atomic E-state index is -0.602. The number of carbonyl (C=O) groups is 1. The van der Waals surface area contributed by atoms with Gasteiger partial charge in [-0.3, -0.25) is 4.98 Å². The van der Waals surface area contributed by atoms with Crippen LogP contribution in [0.4, 0.5) is 0 Å². The second kappa shape index (κ2) is 18.0. The van der Waals surface area contributed by atoms with Crippen molar-refractivity contribution < 1.29 is 19.4 Å². The summed E-state index contributed by atoms with van der Waals surface area (Å²) in [5.74, 6) is -0.368. The molecule has 1 aromatic heterocycles. The van der Waals surface area contributed by atoms with Gasteiger partial charge < -0.3 is 14.6 Å². The molecular formula is C38H45NO4. The Kier molecular flexibility index (Phi) is 13.4. The maximum atomic E-state index is 12.0. The van der Waals surface area contributed by atoms with Crippen molar-refractivity contribution in [3.63, 3.8) is 0 Å². The molecule has 43 heavy (non-hydrogen) atoms. The van der Waals surface area contributed by atoms with Crippen molar-refractivity contribution in [2.24, 2.45) is 0 Å². The number of pyridine rings is 1. The average Bonchev–Trinajstić information content (AvgIpc) is 3.07. The predicted molar refractivity (Wildman–Crippen MR) is 172 cm³/mol. The number of aliphatic hydroxyl groups excluding tert-OH is 1. The van der Waals surface area contributed by atoms with Gasteiger partial charge in [0, 0.05) is 24.4 Å². The van der Waals surface area contributed by atoms with Gasteiger partial charge in [0.1, 0.15) is 6.61 Å². The molecule has 0 radical (unpaired) electrons. The van der Waals surface area contributed by atoms with Crippen molar-refractivity contribution in [1.29, 1.82) is 0 Å². The average molecular weight is 580 g/mol. The van der Waals surface area contributed by atoms with Gasteiger partial charge in [0.05, 0.1) is 18.3 Å². The van der Waals surface area contributed by atoms with Crippen molar-refractivity contribution in [2.75, 3.05) is 19.8 Å². The summed E-state index contributed by atoms with van der Waals surface area (Å²) >= 11 is 0. The molecule has 5 heteroatoms. The van der Waals surface area contributed by atoms with Crippen LogP contribution in [0.3, 0.4) is 0 Å². The molecule has 0 bridgehead atoms. The molecule has 1 unspecified atom stereocenters. The molecule has 0 aliphatic carbocycles. The van der Waals surface area contributed by atoms with Gasteiger partial charge in [0.2, 0.25) is 0 Å². The van der Waals surface area contributed by atoms with E-state index in [0.717, 1.165) is 44.1 Å². The lowest BCUT2D eigenvalue weighted by molar-refractivity contribution is 0.0311. The number of carbonyl (C=O) groups excluding carboxylic acids is 1. The molecule has 1 N–H and O–H groups in total. The Morgan fingerprint density at radius 2 is 1.33 bits per heavy atom. The van der Waals surface area contributed by atoms with Crippen LogP contribution in [0.2, 0.25) is 0 Å². The fraction of sp³-hybridized carbons (Fsp3) is 0.368. The topological polar surface area (TPSA) is 68.7 Å². The number of rotatable bonds is 19. The minimum Gasteiger partial charge on any atom is -0.460 e. The number of hydrogen-bond acceptors (Lipinski definition) is 5. The number of aromatic nitrogens is 1. The quantitative estimate of drug-likeness (QED) is 0.0894. The third kappa shape index (κ3) is 10.2. The van der Waals surface area contributed by atoms with Gasteiger partial charge >= 0.3 is 5.97 Å². The van der Waals surface area contributed by atoms with E-state index in [9.17, 15) is 9.90 Å². The van der Waals surface area contributed by atoms with Gasteiger partial charge in [0.15, 0.2) is 0 Å². The molecule has 0 fully saturated rings. The monoisotopic (exact) mass is 579 g/mol. The van der Waals surface area contributed by atoms with E-state index in [4.69, 9.17) is 9.47 Å². The fourth-order valence-corrected chi connectivity index (χ4v) is 5.80. The van der Waals surface area contributed by atoms with E-state index in [1.807, 2.05) is 30.3 Å². The molecule has 0 spiro atoms. The summed E-state index contributed by atoms with van der Waals surface area (Å²) in [4.78, 5) is 15.8. The van der Waals surface area contributed by atoms with Crippen LogP contribution in [0, 0.1) is 0 Å². The van der Waals surface area contributed by atoms with Crippen molar-refractivity contribution in [3.05, 3.63) is 138 Å². The van der Waals surface area contributed by atoms with Gasteiger partial charge in [-0.1, -0.05) is 130 Å². The summed E-state index contributed by atoms with van der Waals surface area (Å²) < 4.78 is 10.9. The minimum absolute atomic E-state index is 0.251. The summed E-state index contributed by atoms with van der Waals surface area (Å²) in [6.45, 7) is 1.34. The first kappa shape index (κ1) is 32.1. The van der Waals surface area contributed by atoms with E-state index in [1.54, 1.807) is 18.3 Å². The molecule has 4 aromatic rings. The van der Waals surface area contributed by atoms with Crippen LogP contribution >= 0.6 is 0 Å². The highest BCUT2D eigenvalue weighted by Crippen LogP contribution is 2.44. The van der Waals surface area contributed by atoms with E-state index in [-0.39, 0.29) is 12.6 Å². The SMILES string of the molecule is O=C(OCCOCCCCCCCCCC(Cc1ccccc1)(c1ccccc1)[C@@H](O)c1ccccc1)c1cccnc1. The van der Waals surface area contributed by atoms with Crippen molar-refractivity contribution in [2.45, 2.75) is 69.3 Å². The highest BCUT2D eigenvalue weighted by atomic mass is 16.6. The normalized spacial score (nSPS) is 13.2. The smallest absolute Gasteiger partial charge is 0.339 e. The summed E-state index contributed by atoms with van der Waals surface area (Å²) in [6, 6.07) is 34.7. The molecule has 0 aliphatic rings. The second-order valence-corrected chi connectivity index (χ2v) is 11.2. The summed E-state index contributed by atoms with van der Waals surface area (Å²) in [7, 11) is 0. The maximum Gasteiger partial charge on any atom is 0.339 e. The molecule has 0 aliphatic heterocycles. The first-order chi connectivity index (χ1) is 21.2. The Hall–Kier alpha value is -3.80. The van der Waals surface area contributed by atoms with Crippen molar-refractivity contribution in [1.82, 2.24) is 4.98 Å². The number of hydrogen-bond donors (Lipinski definition) is 1. The third-order valence-corrected chi connectivity index (χ3v) is 8.12. The van der Waals surface area contributed by atoms with Crippen LogP contribution in [-0.2, 0) is 21.3 Å². The predicted octanol–water partition coefficient (Wildman–Crippen LogP) is 8.29. The molecule has 3 aromatic carbocycles. The van der Waals surface area contributed by atoms with Crippen LogP contribution in [0.15, 0.2) is 116 Å². The summed E-state index contributed by atoms with van der Waals surface area (Å²) in [6.07, 6.45) is 12.1. The Morgan fingerprint density at radius 3 is 2.00 bits per heavy atom. The standard InChI is InChI=1S/C38H45NO4/c40-36(33-20-11-7-12-21-33)38(35-23-13-8-14-24-35,30-32-18-9-6-10-19-32)25-15-4-2-1-3-5-16-27-42-28-29-43-37(41)34-22-17-26-39-31-34/h6-14,17-24,26,31,36,40H,1-5,15-16,25,27-30H2/t36-,38?/m0/s1. The first-order valence-electron chi connectivity index (χ1n) is 15.7. The second-order valence-electron chi connectivity index (χ2n) is 11.2. The van der Waals surface area contributed by atoms with Gasteiger partial charge in [0.25, 0.3) is 0 Å². The largest absolute Gasteiger partial charge is 0.460 e. The molecule has 226 valence electrons. The van der Waals surface area contributed by atoms with E-state index in [2.05, 4.69) is 65.6 Å². The Labute approximate surface area is 256 Å². The van der Waals surface area contributed by atoms with Gasteiger partial charge in [-0.2, -0.15) is 0 Å². The van der Waals surface area contributed by atoms with Gasteiger partial charge in [-0.25, -0.2) is 4.79 Å². The van der Waals surface area contributed by atoms with Crippen LogP contribution in [0.5, 0.6) is 0 Å². The number of ether oxygens (including phenoxy) is 2. The van der Waals surface area contributed by atoms with Crippen LogP contribution in [0.1, 0.15) is 84.5 Å². The fourth-order valence-electron chi connectivity index (χ4n) is 5.80. The number of unbranched alkanes of at least 4 members (excludes halogenated alkanes) is 6. The summed E-state index contributed by atoms with van der Waals surface area (Å²) in [5.41, 5.74) is 3.46. The highest BCUT2D eigenvalue weighted by Gasteiger charge is 2.40. The summed E-state index contributed by atoms with van der Waals surface area (Å²) in [5, 5.41) is 12.0. The van der Waals surface area contributed by atoms with Gasteiger partial charge in [-0.05, 0) is 48.1 Å². The molecule has 2 atom stereocenters. The lowest BCUT2D eigenvalue weighted by atomic mass is 9.66. The van der Waals surface area contributed by atoms with Crippen LogP contribution in [-0.4, -0.2) is 35.9 Å². The number of aliphatic hydroxyl groups is 1. The molecule has 0 saturated heterocycles. The van der Waals surface area contributed by atoms with E-state index in [0.29, 0.717) is 18.8 Å². The highest BCUT2D eigenvalue weighted by molar-refractivity contribution is 5.88. The van der Waals surface area contributed by atoms with E-state index in [1.165, 1.54) is 36.6 Å². The molecule has 1 heterocycles. The first-order valence-corrected chi connectivity index (χ1v) is 15.7. The van der Waals surface area contributed by atoms with Crippen LogP contribution in [0.25, 0.3) is 0 Å². The maximum absolute atomic E-state index is 12.0. The zero-order valence-electron chi connectivity index (χ0n) is 25.2. The molecule has 5 nitrogen and oxygen atoms in total. The molecule has 0 amide bonds. The molecule has 0 saturated carbocycles. The number of nitrogens with zero attached hydrogens (tertiary/aromatic N) is 1. The lowest BCUT2D eigenvalue weighted by Gasteiger charge is -2.40. The van der Waals surface area contributed by atoms with E-state index >= 15 is 0 Å². The lowest BCUT2D eigenvalue weighted by Crippen LogP contribution is -2.36.